The van der Waals surface area contributed by atoms with Crippen molar-refractivity contribution in [3.05, 3.63) is 0 Å². The van der Waals surface area contributed by atoms with Gasteiger partial charge in [-0.1, -0.05) is 11.5 Å². The van der Waals surface area contributed by atoms with E-state index in [4.69, 9.17) is 16.3 Å². The van der Waals surface area contributed by atoms with Crippen molar-refractivity contribution in [2.75, 3.05) is 0 Å². The first-order valence-electron chi connectivity index (χ1n) is 0.651. The predicted octanol–water partition coefficient (Wildman–Crippen LogP) is -0.756. The molecule has 0 aromatic rings. The fourth-order valence-electron chi connectivity index (χ4n) is 0. The van der Waals surface area contributed by atoms with Gasteiger partial charge in [0.15, 0.2) is 0 Å². The molecule has 3 nitrogen and oxygen atoms in total. The van der Waals surface area contributed by atoms with Crippen molar-refractivity contribution >= 4 is 6.03 Å². The van der Waals surface area contributed by atoms with Crippen LogP contribution in [0.5, 0.6) is 0 Å². The third-order valence-electron chi connectivity index (χ3n) is 0. The summed E-state index contributed by atoms with van der Waals surface area (Å²) in [6, 6.07) is -1.83. The maximum Gasteiger partial charge on any atom is 0.404 e. The van der Waals surface area contributed by atoms with Crippen LogP contribution < -0.4 is 11.5 Å². The van der Waals surface area contributed by atoms with Gasteiger partial charge in [-0.15, -0.1) is 0 Å². The highest BCUT2D eigenvalue weighted by Crippen LogP contribution is 1.37. The van der Waals surface area contributed by atoms with Crippen molar-refractivity contribution in [2.45, 2.75) is 0 Å². The molecule has 0 rings (SSSR count). The van der Waals surface area contributed by atoms with Gasteiger partial charge >= 0.3 is 6.03 Å². The molecule has 0 saturated carbocycles. The summed E-state index contributed by atoms with van der Waals surface area (Å²) in [5.74, 6) is 0. The zero-order valence-electron chi connectivity index (χ0n) is 1.80. The van der Waals surface area contributed by atoms with Crippen molar-refractivity contribution in [2.24, 2.45) is 0 Å². The number of amides is 2. The normalized spacial score (nSPS) is 6.00. The fourth-order valence-corrected chi connectivity index (χ4v) is 0. The van der Waals surface area contributed by atoms with E-state index in [9.17, 15) is 0 Å². The molecule has 0 aliphatic carbocycles. The molecule has 0 aliphatic heterocycles. The second-order valence-electron chi connectivity index (χ2n) is 0.283. The van der Waals surface area contributed by atoms with Gasteiger partial charge in [0.05, 0.1) is 0 Å². The van der Waals surface area contributed by atoms with Crippen LogP contribution in [0.1, 0.15) is 0 Å². The highest BCUT2D eigenvalue weighted by molar-refractivity contribution is 5.67. The van der Waals surface area contributed by atoms with Crippen LogP contribution in [0.25, 0.3) is 0 Å². The van der Waals surface area contributed by atoms with Crippen LogP contribution >= 0.6 is 0 Å². The maximum atomic E-state index is 8.56. The van der Waals surface area contributed by atoms with Crippen LogP contribution in [-0.4, -0.2) is 6.03 Å². The molecule has 0 saturated heterocycles. The minimum atomic E-state index is -1.83. The number of rotatable bonds is 0. The van der Waals surface area contributed by atoms with Crippen LogP contribution in [0, 0.1) is 0 Å². The van der Waals surface area contributed by atoms with Crippen LogP contribution in [0.2, 0.25) is 0 Å². The Labute approximate surface area is 23.6 Å². The molecule has 0 heterocycles. The Hall–Kier alpha value is -0.730. The quantitative estimate of drug-likeness (QED) is 0.360. The molecule has 0 aliphatic rings. The van der Waals surface area contributed by atoms with Gasteiger partial charge in [-0.05, 0) is 0 Å². The van der Waals surface area contributed by atoms with Crippen LogP contribution in [0.4, 0.5) is 4.79 Å². The van der Waals surface area contributed by atoms with Gasteiger partial charge in [0.1, 0.15) is 0 Å². The second-order valence-corrected chi connectivity index (χ2v) is 0.283. The molecule has 0 aromatic carbocycles. The Morgan fingerprint density at radius 2 is 1.50 bits per heavy atom. The minimum absolute atomic E-state index is 1.83. The summed E-state index contributed by atoms with van der Waals surface area (Å²) in [7, 11) is 0. The van der Waals surface area contributed by atoms with E-state index in [1.165, 1.54) is 0 Å². The number of carbonyl (C=O) groups is 1. The van der Waals surface area contributed by atoms with Crippen molar-refractivity contribution in [1.29, 1.82) is 0 Å². The first kappa shape index (κ1) is 3.27. The highest BCUT2D eigenvalue weighted by Gasteiger charge is 1.75. The Morgan fingerprint density at radius 3 is 1.50 bits per heavy atom. The van der Waals surface area contributed by atoms with Gasteiger partial charge in [-0.3, -0.25) is 0 Å². The van der Waals surface area contributed by atoms with Crippen molar-refractivity contribution in [1.82, 2.24) is 11.5 Å². The lowest BCUT2D eigenvalue weighted by Crippen LogP contribution is -1.90. The van der Waals surface area contributed by atoms with Gasteiger partial charge in [-0.2, -0.15) is 0 Å². The van der Waals surface area contributed by atoms with E-state index >= 15 is 0 Å². The van der Waals surface area contributed by atoms with Crippen LogP contribution in [-0.2, 0) is 0 Å². The molecular formula is CN2O. The average Bonchev–Trinajstić information content (AvgIpc) is 0.811. The second kappa shape index (κ2) is 0.711. The van der Waals surface area contributed by atoms with E-state index < -0.39 is 6.03 Å². The predicted molar refractivity (Wildman–Crippen MR) is 9.66 cm³/mol. The molecular weight excluding hydrogens is 56.0 g/mol. The zero-order valence-corrected chi connectivity index (χ0v) is 1.80. The Kier molecular flexibility index (Phi) is 0.581. The lowest BCUT2D eigenvalue weighted by atomic mass is 11.2. The zero-order chi connectivity index (χ0) is 3.58. The number of nitrogens with zero attached hydrogens (tertiary/aromatic N) is 2. The summed E-state index contributed by atoms with van der Waals surface area (Å²) in [4.78, 5) is 8.56. The molecule has 0 atom stereocenters. The van der Waals surface area contributed by atoms with Gasteiger partial charge in [0.2, 0.25) is 0 Å². The van der Waals surface area contributed by atoms with Gasteiger partial charge in [0, 0.05) is 0 Å². The smallest absolute Gasteiger partial charge is 0.240 e. The van der Waals surface area contributed by atoms with Crippen LogP contribution in [0.3, 0.4) is 0 Å². The van der Waals surface area contributed by atoms with Crippen molar-refractivity contribution in [3.8, 4) is 0 Å². The van der Waals surface area contributed by atoms with Gasteiger partial charge in [0.25, 0.3) is 0 Å². The molecule has 3 heteroatoms. The molecule has 0 N–H and O–H groups in total. The largest absolute Gasteiger partial charge is 0.404 e. The fraction of sp³-hybridized carbons (Fsp3) is 0. The van der Waals surface area contributed by atoms with E-state index in [-0.39, 0.29) is 0 Å². The van der Waals surface area contributed by atoms with Gasteiger partial charge in [-0.25, -0.2) is 4.79 Å². The molecule has 20 valence electrons. The maximum absolute atomic E-state index is 8.56. The van der Waals surface area contributed by atoms with E-state index in [1.54, 1.807) is 0 Å². The summed E-state index contributed by atoms with van der Waals surface area (Å²) in [6.07, 6.45) is 0. The Morgan fingerprint density at radius 1 is 1.50 bits per heavy atom. The summed E-state index contributed by atoms with van der Waals surface area (Å²) in [5.41, 5.74) is 13.9. The topological polar surface area (TPSA) is 61.7 Å². The number of urea groups is 1. The lowest BCUT2D eigenvalue weighted by Gasteiger charge is -1.46. The average molecular weight is 56.0 g/mol. The molecule has 4 heavy (non-hydrogen) atoms. The van der Waals surface area contributed by atoms with E-state index in [0.717, 1.165) is 0 Å². The lowest BCUT2D eigenvalue weighted by molar-refractivity contribution is 0.254. The van der Waals surface area contributed by atoms with Crippen molar-refractivity contribution in [3.63, 3.8) is 0 Å². The molecule has 4 radical (unpaired) electrons. The third-order valence-corrected chi connectivity index (χ3v) is 0. The molecule has 0 fully saturated rings. The summed E-state index contributed by atoms with van der Waals surface area (Å²) in [5, 5.41) is 0. The Balaban J connectivity index is 2.80. The van der Waals surface area contributed by atoms with Crippen molar-refractivity contribution < 1.29 is 4.79 Å². The number of hydrogen-bond acceptors (Lipinski definition) is 1. The molecule has 0 bridgehead atoms. The molecule has 2 amide bonds. The molecule has 0 unspecified atom stereocenters. The third kappa shape index (κ3) is 0.174. The van der Waals surface area contributed by atoms with E-state index in [0.29, 0.717) is 0 Å². The van der Waals surface area contributed by atoms with E-state index in [2.05, 4.69) is 0 Å². The Bertz CT molecular complexity index is 29.0. The van der Waals surface area contributed by atoms with E-state index in [1.807, 2.05) is 0 Å². The first-order chi connectivity index (χ1) is 1.73. The SMILES string of the molecule is [N]C([N])=O. The monoisotopic (exact) mass is 56.0 g/mol. The summed E-state index contributed by atoms with van der Waals surface area (Å²) < 4.78 is 0. The number of hydrogen-bond donors (Lipinski definition) is 0. The first-order valence-corrected chi connectivity index (χ1v) is 0.651. The minimum Gasteiger partial charge on any atom is -0.240 e. The molecule has 0 spiro atoms. The standard InChI is InChI=1S/CN2O/c2-1(3)4. The summed E-state index contributed by atoms with van der Waals surface area (Å²) in [6.45, 7) is 0. The summed E-state index contributed by atoms with van der Waals surface area (Å²) >= 11 is 0. The van der Waals surface area contributed by atoms with Gasteiger partial charge < -0.3 is 0 Å². The highest BCUT2D eigenvalue weighted by atomic mass is 16.2. The molecule has 0 aromatic heterocycles. The van der Waals surface area contributed by atoms with Crippen LogP contribution in [0.15, 0.2) is 0 Å². The number of carbonyl (C=O) groups excluding carboxylic acids is 1.